The fourth-order valence-electron chi connectivity index (χ4n) is 2.72. The van der Waals surface area contributed by atoms with Crippen LogP contribution in [0.2, 0.25) is 0 Å². The smallest absolute Gasteiger partial charge is 0.337 e. The van der Waals surface area contributed by atoms with Crippen molar-refractivity contribution in [1.29, 1.82) is 0 Å². The van der Waals surface area contributed by atoms with Crippen molar-refractivity contribution < 1.29 is 18.4 Å². The normalized spacial score (nSPS) is 10.7. The summed E-state index contributed by atoms with van der Waals surface area (Å²) in [6, 6.07) is 21.0. The van der Waals surface area contributed by atoms with E-state index in [1.807, 2.05) is 36.4 Å². The van der Waals surface area contributed by atoms with Crippen molar-refractivity contribution in [3.8, 4) is 22.8 Å². The zero-order chi connectivity index (χ0) is 20.2. The van der Waals surface area contributed by atoms with Crippen LogP contribution >= 0.6 is 11.8 Å². The van der Waals surface area contributed by atoms with Gasteiger partial charge in [-0.15, -0.1) is 0 Å². The molecule has 0 fully saturated rings. The lowest BCUT2D eigenvalue weighted by atomic mass is 10.2. The first-order valence-corrected chi connectivity index (χ1v) is 9.51. The number of nitrogens with zero attached hydrogens (tertiary/aromatic N) is 2. The predicted octanol–water partition coefficient (Wildman–Crippen LogP) is 5.48. The lowest BCUT2D eigenvalue weighted by Gasteiger charge is -2.06. The molecule has 0 atom stereocenters. The van der Waals surface area contributed by atoms with E-state index < -0.39 is 5.82 Å². The quantitative estimate of drug-likeness (QED) is 0.409. The summed E-state index contributed by atoms with van der Waals surface area (Å²) < 4.78 is 24.1. The Morgan fingerprint density at radius 2 is 1.66 bits per heavy atom. The second-order valence-electron chi connectivity index (χ2n) is 6.02. The summed E-state index contributed by atoms with van der Waals surface area (Å²) in [6.07, 6.45) is 0. The molecule has 7 heteroatoms. The molecule has 0 aliphatic heterocycles. The van der Waals surface area contributed by atoms with Crippen LogP contribution < -0.4 is 0 Å². The van der Waals surface area contributed by atoms with E-state index in [2.05, 4.69) is 10.1 Å². The largest absolute Gasteiger partial charge is 0.465 e. The van der Waals surface area contributed by atoms with Gasteiger partial charge in [-0.2, -0.15) is 4.98 Å². The fraction of sp³-hybridized carbons (Fsp3) is 0.0455. The van der Waals surface area contributed by atoms with E-state index in [0.29, 0.717) is 11.5 Å². The van der Waals surface area contributed by atoms with Crippen molar-refractivity contribution in [1.82, 2.24) is 10.1 Å². The number of esters is 1. The van der Waals surface area contributed by atoms with Crippen LogP contribution in [0.4, 0.5) is 4.39 Å². The highest BCUT2D eigenvalue weighted by Crippen LogP contribution is 2.36. The molecule has 4 rings (SSSR count). The molecule has 3 aromatic carbocycles. The van der Waals surface area contributed by atoms with Crippen LogP contribution in [-0.2, 0) is 4.74 Å². The van der Waals surface area contributed by atoms with Crippen molar-refractivity contribution in [2.45, 2.75) is 9.79 Å². The number of hydrogen-bond donors (Lipinski definition) is 0. The molecular weight excluding hydrogens is 391 g/mol. The number of hydrogen-bond acceptors (Lipinski definition) is 6. The van der Waals surface area contributed by atoms with Gasteiger partial charge in [0.15, 0.2) is 0 Å². The monoisotopic (exact) mass is 406 g/mol. The van der Waals surface area contributed by atoms with E-state index in [9.17, 15) is 9.18 Å². The second kappa shape index (κ2) is 8.28. The predicted molar refractivity (Wildman–Crippen MR) is 107 cm³/mol. The lowest BCUT2D eigenvalue weighted by molar-refractivity contribution is 0.0600. The molecule has 1 heterocycles. The first-order valence-electron chi connectivity index (χ1n) is 8.70. The number of halogens is 1. The summed E-state index contributed by atoms with van der Waals surface area (Å²) in [6.45, 7) is 0. The molecule has 144 valence electrons. The van der Waals surface area contributed by atoms with Crippen LogP contribution in [0, 0.1) is 5.82 Å². The van der Waals surface area contributed by atoms with E-state index >= 15 is 0 Å². The van der Waals surface area contributed by atoms with Gasteiger partial charge in [0.1, 0.15) is 5.82 Å². The third kappa shape index (κ3) is 4.05. The molecule has 0 saturated carbocycles. The molecule has 0 N–H and O–H groups in total. The maximum Gasteiger partial charge on any atom is 0.337 e. The average molecular weight is 406 g/mol. The highest BCUT2D eigenvalue weighted by Gasteiger charge is 2.16. The van der Waals surface area contributed by atoms with E-state index in [1.54, 1.807) is 30.3 Å². The summed E-state index contributed by atoms with van der Waals surface area (Å²) in [7, 11) is 1.35. The summed E-state index contributed by atoms with van der Waals surface area (Å²) >= 11 is 1.49. The van der Waals surface area contributed by atoms with Crippen LogP contribution in [0.5, 0.6) is 0 Å². The molecule has 0 bridgehead atoms. The van der Waals surface area contributed by atoms with Crippen LogP contribution in [0.1, 0.15) is 10.4 Å². The number of carbonyl (C=O) groups excluding carboxylic acids is 1. The van der Waals surface area contributed by atoms with Gasteiger partial charge in [-0.1, -0.05) is 41.2 Å². The molecule has 5 nitrogen and oxygen atoms in total. The standard InChI is InChI=1S/C22H15FN2O3S/c1-27-22(26)14-10-12-15(13-11-14)29-19-9-5-3-7-17(19)21-24-20(25-28-21)16-6-2-4-8-18(16)23/h2-13H,1H3. The molecule has 0 unspecified atom stereocenters. The van der Waals surface area contributed by atoms with Gasteiger partial charge in [0, 0.05) is 9.79 Å². The molecule has 0 amide bonds. The third-order valence-electron chi connectivity index (χ3n) is 4.16. The average Bonchev–Trinajstić information content (AvgIpc) is 3.24. The highest BCUT2D eigenvalue weighted by molar-refractivity contribution is 7.99. The molecule has 29 heavy (non-hydrogen) atoms. The maximum atomic E-state index is 14.0. The van der Waals surface area contributed by atoms with Gasteiger partial charge < -0.3 is 9.26 Å². The minimum atomic E-state index is -0.409. The van der Waals surface area contributed by atoms with Crippen LogP contribution in [-0.4, -0.2) is 23.2 Å². The number of benzene rings is 3. The highest BCUT2D eigenvalue weighted by atomic mass is 32.2. The minimum Gasteiger partial charge on any atom is -0.465 e. The lowest BCUT2D eigenvalue weighted by Crippen LogP contribution is -2.00. The molecular formula is C22H15FN2O3S. The van der Waals surface area contributed by atoms with Crippen LogP contribution in [0.15, 0.2) is 87.1 Å². The first-order chi connectivity index (χ1) is 14.2. The van der Waals surface area contributed by atoms with E-state index in [-0.39, 0.29) is 17.4 Å². The number of methoxy groups -OCH3 is 1. The van der Waals surface area contributed by atoms with Gasteiger partial charge in [0.2, 0.25) is 5.82 Å². The molecule has 0 aliphatic carbocycles. The van der Waals surface area contributed by atoms with Crippen molar-refractivity contribution in [2.75, 3.05) is 7.11 Å². The van der Waals surface area contributed by atoms with Crippen molar-refractivity contribution in [3.05, 3.63) is 84.2 Å². The molecule has 1 aromatic heterocycles. The van der Waals surface area contributed by atoms with Crippen LogP contribution in [0.3, 0.4) is 0 Å². The molecule has 0 saturated heterocycles. The summed E-state index contributed by atoms with van der Waals surface area (Å²) in [4.78, 5) is 17.8. The van der Waals surface area contributed by atoms with Crippen molar-refractivity contribution in [3.63, 3.8) is 0 Å². The number of rotatable bonds is 5. The Bertz CT molecular complexity index is 1160. The zero-order valence-electron chi connectivity index (χ0n) is 15.3. The van der Waals surface area contributed by atoms with Crippen molar-refractivity contribution >= 4 is 17.7 Å². The fourth-order valence-corrected chi connectivity index (χ4v) is 3.66. The van der Waals surface area contributed by atoms with Gasteiger partial charge in [0.05, 0.1) is 23.8 Å². The van der Waals surface area contributed by atoms with E-state index in [0.717, 1.165) is 15.4 Å². The van der Waals surface area contributed by atoms with Crippen molar-refractivity contribution in [2.24, 2.45) is 0 Å². The summed E-state index contributed by atoms with van der Waals surface area (Å²) in [5, 5.41) is 3.93. The maximum absolute atomic E-state index is 14.0. The van der Waals surface area contributed by atoms with E-state index in [4.69, 9.17) is 9.26 Å². The zero-order valence-corrected chi connectivity index (χ0v) is 16.2. The SMILES string of the molecule is COC(=O)c1ccc(Sc2ccccc2-c2nc(-c3ccccc3F)no2)cc1. The molecule has 0 aliphatic rings. The number of aromatic nitrogens is 2. The molecule has 0 spiro atoms. The number of ether oxygens (including phenoxy) is 1. The second-order valence-corrected chi connectivity index (χ2v) is 7.13. The molecule has 4 aromatic rings. The first kappa shape index (κ1) is 18.9. The third-order valence-corrected chi connectivity index (χ3v) is 5.25. The molecule has 0 radical (unpaired) electrons. The Morgan fingerprint density at radius 1 is 0.966 bits per heavy atom. The summed E-state index contributed by atoms with van der Waals surface area (Å²) in [5.74, 6) is -0.292. The Kier molecular flexibility index (Phi) is 5.39. The Labute approximate surface area is 170 Å². The Balaban J connectivity index is 1.63. The Morgan fingerprint density at radius 3 is 2.38 bits per heavy atom. The van der Waals surface area contributed by atoms with Gasteiger partial charge in [0.25, 0.3) is 5.89 Å². The summed E-state index contributed by atoms with van der Waals surface area (Å²) in [5.41, 5.74) is 1.51. The van der Waals surface area contributed by atoms with Crippen LogP contribution in [0.25, 0.3) is 22.8 Å². The Hall–Kier alpha value is -3.45. The minimum absolute atomic E-state index is 0.195. The number of carbonyl (C=O) groups is 1. The van der Waals surface area contributed by atoms with Gasteiger partial charge in [-0.3, -0.25) is 0 Å². The van der Waals surface area contributed by atoms with E-state index in [1.165, 1.54) is 24.9 Å². The van der Waals surface area contributed by atoms with Gasteiger partial charge in [-0.05, 0) is 48.5 Å². The van der Waals surface area contributed by atoms with Gasteiger partial charge >= 0.3 is 5.97 Å². The topological polar surface area (TPSA) is 65.2 Å². The van der Waals surface area contributed by atoms with Gasteiger partial charge in [-0.25, -0.2) is 9.18 Å².